The number of fused-ring (bicyclic) bond motifs is 1. The number of esters is 1. The maximum absolute atomic E-state index is 11.9. The minimum Gasteiger partial charge on any atom is -0.457 e. The number of hydrogen-bond donors (Lipinski definition) is 0. The Bertz CT molecular complexity index is 1240. The van der Waals surface area contributed by atoms with Crippen LogP contribution >= 0.6 is 0 Å². The maximum atomic E-state index is 11.9. The van der Waals surface area contributed by atoms with Crippen molar-refractivity contribution < 1.29 is 23.7 Å². The number of rotatable bonds is 9. The average Bonchev–Trinajstić information content (AvgIpc) is 2.85. The molecular weight excluding hydrogens is 416 g/mol. The first-order chi connectivity index (χ1) is 16.1. The molecular formula is C28H24O5. The highest BCUT2D eigenvalue weighted by atomic mass is 16.7. The zero-order valence-corrected chi connectivity index (χ0v) is 18.3. The van der Waals surface area contributed by atoms with E-state index in [0.29, 0.717) is 22.8 Å². The summed E-state index contributed by atoms with van der Waals surface area (Å²) in [6, 6.07) is 30.3. The third-order valence-corrected chi connectivity index (χ3v) is 4.78. The van der Waals surface area contributed by atoms with Crippen LogP contribution in [0, 0.1) is 0 Å². The fourth-order valence-electron chi connectivity index (χ4n) is 3.20. The van der Waals surface area contributed by atoms with Crippen molar-refractivity contribution in [3.63, 3.8) is 0 Å². The molecule has 0 amide bonds. The Kier molecular flexibility index (Phi) is 6.90. The molecule has 0 aliphatic heterocycles. The quantitative estimate of drug-likeness (QED) is 0.168. The summed E-state index contributed by atoms with van der Waals surface area (Å²) in [5, 5.41) is 1.73. The zero-order valence-electron chi connectivity index (χ0n) is 18.3. The van der Waals surface area contributed by atoms with Crippen LogP contribution in [-0.2, 0) is 9.53 Å². The first kappa shape index (κ1) is 22.0. The van der Waals surface area contributed by atoms with E-state index in [9.17, 15) is 4.79 Å². The minimum absolute atomic E-state index is 0.100. The smallest absolute Gasteiger partial charge is 0.333 e. The van der Waals surface area contributed by atoms with Crippen LogP contribution in [0.1, 0.15) is 6.92 Å². The van der Waals surface area contributed by atoms with Gasteiger partial charge in [0.15, 0.2) is 6.61 Å². The normalized spacial score (nSPS) is 11.4. The van der Waals surface area contributed by atoms with E-state index in [0.717, 1.165) is 16.5 Å². The van der Waals surface area contributed by atoms with Crippen molar-refractivity contribution in [2.75, 3.05) is 6.61 Å². The number of carbonyl (C=O) groups is 1. The Morgan fingerprint density at radius 3 is 1.91 bits per heavy atom. The zero-order chi connectivity index (χ0) is 23.0. The lowest BCUT2D eigenvalue weighted by atomic mass is 10.1. The molecule has 0 spiro atoms. The molecule has 0 saturated heterocycles. The predicted octanol–water partition coefficient (Wildman–Crippen LogP) is 6.54. The van der Waals surface area contributed by atoms with E-state index in [4.69, 9.17) is 18.9 Å². The molecule has 5 nitrogen and oxygen atoms in total. The Morgan fingerprint density at radius 1 is 0.727 bits per heavy atom. The van der Waals surface area contributed by atoms with Gasteiger partial charge in [-0.2, -0.15) is 0 Å². The third-order valence-electron chi connectivity index (χ3n) is 4.78. The summed E-state index contributed by atoms with van der Waals surface area (Å²) in [6.07, 6.45) is -0.861. The maximum Gasteiger partial charge on any atom is 0.333 e. The Hall–Kier alpha value is -4.25. The molecule has 166 valence electrons. The number of para-hydroxylation sites is 2. The molecule has 0 aromatic heterocycles. The molecule has 1 atom stereocenters. The van der Waals surface area contributed by atoms with Gasteiger partial charge < -0.3 is 18.9 Å². The second-order valence-corrected chi connectivity index (χ2v) is 7.38. The average molecular weight is 440 g/mol. The monoisotopic (exact) mass is 440 g/mol. The standard InChI is InChI=1S/C28H24O5/c1-20(2)28(29)30-19-27(32-22-13-7-4-8-14-22)33-26-18-17-25(23-15-9-10-16-24(23)26)31-21-11-5-3-6-12-21/h3-18,27H,1,19H2,2H3. The van der Waals surface area contributed by atoms with Gasteiger partial charge in [-0.1, -0.05) is 67.2 Å². The first-order valence-corrected chi connectivity index (χ1v) is 10.6. The lowest BCUT2D eigenvalue weighted by Crippen LogP contribution is -2.31. The molecule has 0 fully saturated rings. The van der Waals surface area contributed by atoms with Crippen molar-refractivity contribution in [3.8, 4) is 23.0 Å². The number of carbonyl (C=O) groups excluding carboxylic acids is 1. The molecule has 4 rings (SSSR count). The van der Waals surface area contributed by atoms with Crippen molar-refractivity contribution in [2.45, 2.75) is 13.2 Å². The topological polar surface area (TPSA) is 54.0 Å². The summed E-state index contributed by atoms with van der Waals surface area (Å²) >= 11 is 0. The van der Waals surface area contributed by atoms with Crippen LogP contribution in [0.2, 0.25) is 0 Å². The van der Waals surface area contributed by atoms with Gasteiger partial charge in [0.25, 0.3) is 6.29 Å². The van der Waals surface area contributed by atoms with E-state index in [2.05, 4.69) is 6.58 Å². The van der Waals surface area contributed by atoms with Crippen molar-refractivity contribution in [1.29, 1.82) is 0 Å². The lowest BCUT2D eigenvalue weighted by Gasteiger charge is -2.22. The highest BCUT2D eigenvalue weighted by Gasteiger charge is 2.18. The molecule has 0 saturated carbocycles. The Labute approximate surface area is 192 Å². The second-order valence-electron chi connectivity index (χ2n) is 7.38. The van der Waals surface area contributed by atoms with Gasteiger partial charge in [-0.3, -0.25) is 0 Å². The molecule has 4 aromatic rings. The first-order valence-electron chi connectivity index (χ1n) is 10.6. The number of hydrogen-bond acceptors (Lipinski definition) is 5. The van der Waals surface area contributed by atoms with Crippen molar-refractivity contribution in [3.05, 3.63) is 109 Å². The van der Waals surface area contributed by atoms with Crippen LogP contribution in [0.25, 0.3) is 10.8 Å². The highest BCUT2D eigenvalue weighted by Crippen LogP contribution is 2.36. The Balaban J connectivity index is 1.61. The van der Waals surface area contributed by atoms with Crippen LogP contribution in [0.15, 0.2) is 109 Å². The molecule has 1 unspecified atom stereocenters. The second kappa shape index (κ2) is 10.4. The molecule has 0 aliphatic rings. The van der Waals surface area contributed by atoms with Crippen LogP contribution in [0.4, 0.5) is 0 Å². The van der Waals surface area contributed by atoms with E-state index in [-0.39, 0.29) is 6.61 Å². The summed E-state index contributed by atoms with van der Waals surface area (Å²) in [6.45, 7) is 5.11. The van der Waals surface area contributed by atoms with Gasteiger partial charge >= 0.3 is 5.97 Å². The molecule has 33 heavy (non-hydrogen) atoms. The highest BCUT2D eigenvalue weighted by molar-refractivity contribution is 5.93. The molecule has 0 bridgehead atoms. The molecule has 0 radical (unpaired) electrons. The van der Waals surface area contributed by atoms with Crippen LogP contribution in [0.5, 0.6) is 23.0 Å². The Morgan fingerprint density at radius 2 is 1.27 bits per heavy atom. The van der Waals surface area contributed by atoms with E-state index in [1.165, 1.54) is 0 Å². The summed E-state index contributed by atoms with van der Waals surface area (Å²) in [5.74, 6) is 2.13. The van der Waals surface area contributed by atoms with Crippen molar-refractivity contribution in [1.82, 2.24) is 0 Å². The predicted molar refractivity (Wildman–Crippen MR) is 128 cm³/mol. The molecule has 0 N–H and O–H groups in total. The minimum atomic E-state index is -0.861. The largest absolute Gasteiger partial charge is 0.457 e. The number of benzene rings is 4. The molecule has 0 aliphatic carbocycles. The van der Waals surface area contributed by atoms with Gasteiger partial charge in [0.1, 0.15) is 23.0 Å². The van der Waals surface area contributed by atoms with Crippen molar-refractivity contribution in [2.24, 2.45) is 0 Å². The van der Waals surface area contributed by atoms with Crippen LogP contribution < -0.4 is 14.2 Å². The van der Waals surface area contributed by atoms with Gasteiger partial charge in [0.2, 0.25) is 0 Å². The molecule has 4 aromatic carbocycles. The van der Waals surface area contributed by atoms with Crippen molar-refractivity contribution >= 4 is 16.7 Å². The van der Waals surface area contributed by atoms with Crippen LogP contribution in [0.3, 0.4) is 0 Å². The van der Waals surface area contributed by atoms with E-state index >= 15 is 0 Å². The van der Waals surface area contributed by atoms with Crippen LogP contribution in [-0.4, -0.2) is 18.9 Å². The van der Waals surface area contributed by atoms with E-state index in [1.54, 1.807) is 6.92 Å². The fourth-order valence-corrected chi connectivity index (χ4v) is 3.20. The van der Waals surface area contributed by atoms with E-state index < -0.39 is 12.3 Å². The summed E-state index contributed by atoms with van der Waals surface area (Å²) in [4.78, 5) is 11.9. The van der Waals surface area contributed by atoms with Gasteiger partial charge in [-0.05, 0) is 43.3 Å². The SMILES string of the molecule is C=C(C)C(=O)OCC(Oc1ccccc1)Oc1ccc(Oc2ccccc2)c2ccccc12. The number of ether oxygens (including phenoxy) is 4. The molecule has 0 heterocycles. The van der Waals surface area contributed by atoms with Gasteiger partial charge in [0, 0.05) is 16.3 Å². The van der Waals surface area contributed by atoms with Gasteiger partial charge in [-0.15, -0.1) is 0 Å². The lowest BCUT2D eigenvalue weighted by molar-refractivity contribution is -0.147. The fraction of sp³-hybridized carbons (Fsp3) is 0.107. The van der Waals surface area contributed by atoms with Gasteiger partial charge in [0.05, 0.1) is 0 Å². The van der Waals surface area contributed by atoms with Gasteiger partial charge in [-0.25, -0.2) is 4.79 Å². The van der Waals surface area contributed by atoms with E-state index in [1.807, 2.05) is 97.1 Å². The summed E-state index contributed by atoms with van der Waals surface area (Å²) < 4.78 is 23.5. The third kappa shape index (κ3) is 5.71. The summed E-state index contributed by atoms with van der Waals surface area (Å²) in [5.41, 5.74) is 0.307. The summed E-state index contributed by atoms with van der Waals surface area (Å²) in [7, 11) is 0. The molecule has 5 heteroatoms.